The van der Waals surface area contributed by atoms with E-state index in [9.17, 15) is 8.42 Å². The van der Waals surface area contributed by atoms with E-state index >= 15 is 0 Å². The van der Waals surface area contributed by atoms with E-state index in [1.807, 2.05) is 33.0 Å². The van der Waals surface area contributed by atoms with E-state index in [4.69, 9.17) is 5.11 Å². The van der Waals surface area contributed by atoms with Crippen LogP contribution >= 0.6 is 0 Å². The SMILES string of the molecule is CNc1cc(C)c(S(=O)(=O)N2CCC(CCO)C2)c(C)c1. The first-order valence-electron chi connectivity index (χ1n) is 7.30. The lowest BCUT2D eigenvalue weighted by atomic mass is 10.1. The van der Waals surface area contributed by atoms with E-state index in [2.05, 4.69) is 5.32 Å². The predicted molar refractivity (Wildman–Crippen MR) is 84.0 cm³/mol. The van der Waals surface area contributed by atoms with Crippen molar-refractivity contribution in [3.05, 3.63) is 23.3 Å². The van der Waals surface area contributed by atoms with Crippen LogP contribution in [0.5, 0.6) is 0 Å². The van der Waals surface area contributed by atoms with Crippen LogP contribution in [0.4, 0.5) is 5.69 Å². The number of aryl methyl sites for hydroxylation is 2. The minimum Gasteiger partial charge on any atom is -0.396 e. The van der Waals surface area contributed by atoms with Crippen LogP contribution in [0.25, 0.3) is 0 Å². The molecule has 1 unspecified atom stereocenters. The number of nitrogens with one attached hydrogen (secondary N) is 1. The Morgan fingerprint density at radius 2 is 1.95 bits per heavy atom. The lowest BCUT2D eigenvalue weighted by Gasteiger charge is -2.20. The monoisotopic (exact) mass is 312 g/mol. The highest BCUT2D eigenvalue weighted by Gasteiger charge is 2.34. The van der Waals surface area contributed by atoms with E-state index in [-0.39, 0.29) is 12.5 Å². The van der Waals surface area contributed by atoms with Crippen molar-refractivity contribution in [2.75, 3.05) is 32.1 Å². The quantitative estimate of drug-likeness (QED) is 0.869. The number of nitrogens with zero attached hydrogens (tertiary/aromatic N) is 1. The second-order valence-electron chi connectivity index (χ2n) is 5.72. The molecule has 1 heterocycles. The van der Waals surface area contributed by atoms with Gasteiger partial charge < -0.3 is 10.4 Å². The van der Waals surface area contributed by atoms with E-state index in [1.165, 1.54) is 0 Å². The maximum absolute atomic E-state index is 12.9. The van der Waals surface area contributed by atoms with Crippen LogP contribution in [0.1, 0.15) is 24.0 Å². The van der Waals surface area contributed by atoms with Gasteiger partial charge in [-0.3, -0.25) is 0 Å². The molecule has 21 heavy (non-hydrogen) atoms. The lowest BCUT2D eigenvalue weighted by Crippen LogP contribution is -2.30. The Kier molecular flexibility index (Phi) is 4.91. The molecule has 0 radical (unpaired) electrons. The second-order valence-corrected chi connectivity index (χ2v) is 7.59. The number of sulfonamides is 1. The fraction of sp³-hybridized carbons (Fsp3) is 0.600. The third-order valence-corrected chi connectivity index (χ3v) is 6.30. The van der Waals surface area contributed by atoms with Crippen LogP contribution in [0, 0.1) is 19.8 Å². The first-order valence-corrected chi connectivity index (χ1v) is 8.74. The number of hydrogen-bond acceptors (Lipinski definition) is 4. The fourth-order valence-electron chi connectivity index (χ4n) is 3.06. The number of benzene rings is 1. The van der Waals surface area contributed by atoms with Crippen LogP contribution in [-0.4, -0.2) is 44.6 Å². The Morgan fingerprint density at radius 1 is 1.33 bits per heavy atom. The van der Waals surface area contributed by atoms with Crippen LogP contribution in [0.15, 0.2) is 17.0 Å². The molecule has 118 valence electrons. The van der Waals surface area contributed by atoms with Gasteiger partial charge in [-0.05, 0) is 55.9 Å². The number of anilines is 1. The molecule has 0 bridgehead atoms. The molecule has 1 aliphatic heterocycles. The Bertz CT molecular complexity index is 590. The highest BCUT2D eigenvalue weighted by atomic mass is 32.2. The summed E-state index contributed by atoms with van der Waals surface area (Å²) in [6, 6.07) is 3.72. The molecule has 0 saturated carbocycles. The summed E-state index contributed by atoms with van der Waals surface area (Å²) in [6.45, 7) is 4.84. The van der Waals surface area contributed by atoms with Gasteiger partial charge in [0.05, 0.1) is 4.90 Å². The fourth-order valence-corrected chi connectivity index (χ4v) is 5.01. The Balaban J connectivity index is 2.33. The predicted octanol–water partition coefficient (Wildman–Crippen LogP) is 1.74. The highest BCUT2D eigenvalue weighted by molar-refractivity contribution is 7.89. The maximum Gasteiger partial charge on any atom is 0.243 e. The molecule has 1 fully saturated rings. The average Bonchev–Trinajstić information content (AvgIpc) is 2.87. The van der Waals surface area contributed by atoms with Crippen LogP contribution in [-0.2, 0) is 10.0 Å². The van der Waals surface area contributed by atoms with Crippen molar-refractivity contribution in [1.29, 1.82) is 0 Å². The molecule has 0 amide bonds. The van der Waals surface area contributed by atoms with Gasteiger partial charge in [0.25, 0.3) is 0 Å². The van der Waals surface area contributed by atoms with Gasteiger partial charge in [0.2, 0.25) is 10.0 Å². The smallest absolute Gasteiger partial charge is 0.243 e. The number of aliphatic hydroxyl groups excluding tert-OH is 1. The zero-order chi connectivity index (χ0) is 15.6. The Labute approximate surface area is 127 Å². The molecule has 0 aromatic heterocycles. The average molecular weight is 312 g/mol. The molecule has 0 spiro atoms. The van der Waals surface area contributed by atoms with Crippen molar-refractivity contribution in [3.63, 3.8) is 0 Å². The molecule has 1 saturated heterocycles. The first kappa shape index (κ1) is 16.3. The van der Waals surface area contributed by atoms with Crippen molar-refractivity contribution in [3.8, 4) is 0 Å². The molecule has 0 aliphatic carbocycles. The molecular weight excluding hydrogens is 288 g/mol. The van der Waals surface area contributed by atoms with Gasteiger partial charge in [-0.1, -0.05) is 0 Å². The van der Waals surface area contributed by atoms with E-state index in [0.717, 1.165) is 23.2 Å². The van der Waals surface area contributed by atoms with Crippen molar-refractivity contribution >= 4 is 15.7 Å². The Hall–Kier alpha value is -1.11. The van der Waals surface area contributed by atoms with Crippen molar-refractivity contribution in [1.82, 2.24) is 4.31 Å². The number of aliphatic hydroxyl groups is 1. The van der Waals surface area contributed by atoms with Gasteiger partial charge in [-0.25, -0.2) is 8.42 Å². The van der Waals surface area contributed by atoms with Crippen LogP contribution in [0.3, 0.4) is 0 Å². The first-order chi connectivity index (χ1) is 9.90. The van der Waals surface area contributed by atoms with E-state index in [1.54, 1.807) is 4.31 Å². The van der Waals surface area contributed by atoms with Crippen LogP contribution < -0.4 is 5.32 Å². The largest absolute Gasteiger partial charge is 0.396 e. The third-order valence-electron chi connectivity index (χ3n) is 4.13. The van der Waals surface area contributed by atoms with Gasteiger partial charge in [0.1, 0.15) is 0 Å². The molecule has 1 aromatic rings. The summed E-state index contributed by atoms with van der Waals surface area (Å²) in [5, 5.41) is 12.0. The molecule has 1 aromatic carbocycles. The summed E-state index contributed by atoms with van der Waals surface area (Å²) in [6.07, 6.45) is 1.50. The summed E-state index contributed by atoms with van der Waals surface area (Å²) in [4.78, 5) is 0.422. The van der Waals surface area contributed by atoms with Gasteiger partial charge in [-0.2, -0.15) is 4.31 Å². The summed E-state index contributed by atoms with van der Waals surface area (Å²) in [7, 11) is -1.63. The molecular formula is C15H24N2O3S. The number of hydrogen-bond donors (Lipinski definition) is 2. The van der Waals surface area contributed by atoms with Gasteiger partial charge in [0.15, 0.2) is 0 Å². The van der Waals surface area contributed by atoms with Crippen molar-refractivity contribution in [2.24, 2.45) is 5.92 Å². The minimum absolute atomic E-state index is 0.119. The summed E-state index contributed by atoms with van der Waals surface area (Å²) < 4.78 is 27.3. The Morgan fingerprint density at radius 3 is 2.48 bits per heavy atom. The summed E-state index contributed by atoms with van der Waals surface area (Å²) >= 11 is 0. The topological polar surface area (TPSA) is 69.6 Å². The maximum atomic E-state index is 12.9. The molecule has 5 nitrogen and oxygen atoms in total. The van der Waals surface area contributed by atoms with Gasteiger partial charge >= 0.3 is 0 Å². The third kappa shape index (κ3) is 3.22. The summed E-state index contributed by atoms with van der Waals surface area (Å²) in [5.41, 5.74) is 2.46. The molecule has 2 rings (SSSR count). The van der Waals surface area contributed by atoms with Gasteiger partial charge in [0, 0.05) is 32.4 Å². The summed E-state index contributed by atoms with van der Waals surface area (Å²) in [5.74, 6) is 0.266. The van der Waals surface area contributed by atoms with E-state index < -0.39 is 10.0 Å². The van der Waals surface area contributed by atoms with Crippen molar-refractivity contribution in [2.45, 2.75) is 31.6 Å². The zero-order valence-electron chi connectivity index (χ0n) is 12.9. The van der Waals surface area contributed by atoms with Crippen LogP contribution in [0.2, 0.25) is 0 Å². The molecule has 1 aliphatic rings. The normalized spacial score (nSPS) is 19.9. The highest BCUT2D eigenvalue weighted by Crippen LogP contribution is 2.31. The zero-order valence-corrected chi connectivity index (χ0v) is 13.7. The molecule has 1 atom stereocenters. The lowest BCUT2D eigenvalue weighted by molar-refractivity contribution is 0.259. The molecule has 6 heteroatoms. The van der Waals surface area contributed by atoms with Crippen molar-refractivity contribution < 1.29 is 13.5 Å². The standard InChI is InChI=1S/C15H24N2O3S/c1-11-8-14(16-3)9-12(2)15(11)21(19,20)17-6-4-13(10-17)5-7-18/h8-9,13,16,18H,4-7,10H2,1-3H3. The molecule has 2 N–H and O–H groups in total. The van der Waals surface area contributed by atoms with E-state index in [0.29, 0.717) is 24.4 Å². The van der Waals surface area contributed by atoms with Gasteiger partial charge in [-0.15, -0.1) is 0 Å². The minimum atomic E-state index is -3.45. The number of rotatable bonds is 5. The second kappa shape index (κ2) is 6.34.